The average Bonchev–Trinajstić information content (AvgIpc) is 1.55. The van der Waals surface area contributed by atoms with Crippen LogP contribution in [0.3, 0.4) is 0 Å². The normalized spacial score (nSPS) is 40.0. The van der Waals surface area contributed by atoms with Crippen LogP contribution in [-0.2, 0) is 90.3 Å². The Balaban J connectivity index is 0.000000109. The summed E-state index contributed by atoms with van der Waals surface area (Å²) in [5.74, 6) is 4.52. The molecule has 5 saturated heterocycles. The average molecular weight is 1620 g/mol. The minimum absolute atomic E-state index is 0.0202. The van der Waals surface area contributed by atoms with Crippen LogP contribution in [0.5, 0.6) is 46.0 Å². The van der Waals surface area contributed by atoms with Gasteiger partial charge in [0.05, 0.1) is 34.1 Å². The number of ketones is 3. The number of benzene rings is 4. The van der Waals surface area contributed by atoms with E-state index in [1.807, 2.05) is 85.9 Å². The molecule has 4 aromatic rings. The molecule has 9 aliphatic heterocycles. The van der Waals surface area contributed by atoms with E-state index in [1.54, 1.807) is 32.0 Å². The van der Waals surface area contributed by atoms with Crippen LogP contribution in [0.1, 0.15) is 177 Å². The molecular weight excluding hydrogens is 1510 g/mol. The Kier molecular flexibility index (Phi) is 18.5. The number of nitrogens with two attached hydrogens (primary N) is 1. The standard InChI is InChI=1S/C25H31NO10.C25H33NO5.C21H26N2O4.C18H21NO4/c1-24-16(35-23(32)33-10-15-18(28)19(29)20(30)22(31)34-15)6-4-12-13-9-11-3-5-14(27)21(36-24)17(11)25(12,24)7-8-26(13)2;1-14(30-22(28)23(2,3)4)29-18-9-7-15-13-17-16-8-10-19(27)24(5)25(16,11-12-26(17)6)20(15)21(18)31-24;1-11(22)19(25)26-15-6-4-12-10-14-13-5-7-16(24)20(2)21(13,8-9-23(14)3)17(12)18(15)27-20;1-17-14(21)6-4-11-12-9-10-3-5-13(20)16(23-17)15(10)18(11,17)7-8-19(12,2)22/h3,5-6,12-13,15,18-20,22,27-31H,4,7-10H2,1-2H3;7,9,14,16-17H,8,10-13H2,1-6H3;4,6,11,13-14H,5,7-10,22H2,1-3H3;3,5,11-12,22H,4,6-9H2,1-2H3/p+1/t12-,13?,15+,18-,19-,20+,22-,24-,25-;14?,16-,17?,24-,25-;11?,13-,14?,20-,21-;11-,12?,17-,18-,19?/m0000/s1. The second kappa shape index (κ2) is 27.0. The highest BCUT2D eigenvalue weighted by atomic mass is 16.7. The molecule has 4 spiro atoms. The number of aliphatic hydroxyl groups excluding tert-OH is 4. The third-order valence-electron chi connectivity index (χ3n) is 32.0. The van der Waals surface area contributed by atoms with Crippen molar-refractivity contribution in [2.45, 2.75) is 270 Å². The number of Topliss-reactive ketones (excluding diaryl/α,β-unsaturated/α-hetero) is 3. The number of hydrogen-bond donors (Lipinski definition) is 8. The van der Waals surface area contributed by atoms with Crippen LogP contribution in [-0.4, -0.2) is 241 Å². The molecule has 9 heterocycles. The minimum atomic E-state index is -1.74. The van der Waals surface area contributed by atoms with Crippen LogP contribution in [0.4, 0.5) is 4.79 Å². The molecule has 8 aliphatic carbocycles. The molecule has 21 rings (SSSR count). The summed E-state index contributed by atoms with van der Waals surface area (Å²) >= 11 is 0. The van der Waals surface area contributed by atoms with Gasteiger partial charge in [-0.25, -0.2) is 14.8 Å². The van der Waals surface area contributed by atoms with Crippen molar-refractivity contribution in [3.63, 3.8) is 0 Å². The third-order valence-corrected chi connectivity index (χ3v) is 32.0. The molecule has 24 atom stereocenters. The molecule has 8 bridgehead atoms. The molecule has 7 unspecified atom stereocenters. The predicted octanol–water partition coefficient (Wildman–Crippen LogP) is 7.02. The second-order valence-electron chi connectivity index (χ2n) is 38.5. The zero-order valence-electron chi connectivity index (χ0n) is 69.0. The van der Waals surface area contributed by atoms with Gasteiger partial charge >= 0.3 is 18.1 Å². The first-order chi connectivity index (χ1) is 55.2. The largest absolute Gasteiger partial charge is 0.513 e. The molecule has 8 fully saturated rings. The van der Waals surface area contributed by atoms with Crippen LogP contribution in [0.15, 0.2) is 60.4 Å². The van der Waals surface area contributed by atoms with Gasteiger partial charge in [0.25, 0.3) is 0 Å². The number of phenolic OH excluding ortho intramolecular Hbond substituents is 2. The maximum absolute atomic E-state index is 13.3. The van der Waals surface area contributed by atoms with Gasteiger partial charge in [0, 0.05) is 85.3 Å². The first-order valence-electron chi connectivity index (χ1n) is 42.0. The molecule has 0 amide bonds. The zero-order valence-corrected chi connectivity index (χ0v) is 69.0. The third kappa shape index (κ3) is 10.9. The lowest BCUT2D eigenvalue weighted by Gasteiger charge is -2.60. The number of likely N-dealkylation sites (N-methyl/N-ethyl adjacent to an activating group) is 4. The number of esters is 2. The number of piperidine rings is 4. The molecule has 28 heteroatoms. The van der Waals surface area contributed by atoms with E-state index in [9.17, 15) is 64.6 Å². The van der Waals surface area contributed by atoms with E-state index in [0.717, 1.165) is 112 Å². The van der Waals surface area contributed by atoms with Crippen molar-refractivity contribution in [2.24, 2.45) is 34.8 Å². The van der Waals surface area contributed by atoms with Crippen LogP contribution in [0.25, 0.3) is 0 Å². The number of phenols is 2. The van der Waals surface area contributed by atoms with Gasteiger partial charge in [-0.3, -0.25) is 19.2 Å². The van der Waals surface area contributed by atoms with Crippen molar-refractivity contribution < 1.29 is 117 Å². The van der Waals surface area contributed by atoms with E-state index in [-0.39, 0.29) is 80.0 Å². The Bertz CT molecular complexity index is 4910. The van der Waals surface area contributed by atoms with E-state index >= 15 is 0 Å². The fourth-order valence-electron chi connectivity index (χ4n) is 26.1. The number of ether oxygens (including phenoxy) is 10. The number of rotatable bonds is 8. The monoisotopic (exact) mass is 1620 g/mol. The Morgan fingerprint density at radius 1 is 0.573 bits per heavy atom. The van der Waals surface area contributed by atoms with E-state index in [2.05, 4.69) is 41.9 Å². The number of aliphatic hydroxyl groups is 4. The SMILES string of the molecule is CC(N)C(=O)Oc1ccc2c3c1O[C@@]1(C)C(=O)CC[C@H]4C(C2)N(C)CC[C@@]341.CC(OC(=O)C(C)(C)C)Oc1ccc2c3c1O[C@@]1(C)C(=O)CC[C@H]4C(C2)N(C)CC[C@@]341.CN1CC[C@]23c4c5ccc(O)c4O[C@@]2(C)C(OC(=O)OC[C@H]2O[C@H](O)[C@H](O)[C@@H](O)[C@H]2O)=CC[C@H]3C1C5.C[C@@]12Oc3c(O)ccc4c3[C@@]13CC[N+](C)(O)C(C4)[C@@H]3CCC2=O. The van der Waals surface area contributed by atoms with E-state index < -0.39 is 100 Å². The zero-order chi connectivity index (χ0) is 83.2. The fourth-order valence-corrected chi connectivity index (χ4v) is 26.1. The predicted molar refractivity (Wildman–Crippen MR) is 417 cm³/mol. The highest BCUT2D eigenvalue weighted by Gasteiger charge is 2.77. The smallest absolute Gasteiger partial charge is 0.504 e. The van der Waals surface area contributed by atoms with E-state index in [1.165, 1.54) is 16.7 Å². The van der Waals surface area contributed by atoms with Gasteiger partial charge in [-0.1, -0.05) is 24.3 Å². The highest BCUT2D eigenvalue weighted by molar-refractivity contribution is 5.95. The van der Waals surface area contributed by atoms with Gasteiger partial charge in [0.1, 0.15) is 49.7 Å². The molecule has 117 heavy (non-hydrogen) atoms. The topological polar surface area (TPSA) is 372 Å². The Morgan fingerprint density at radius 2 is 1.01 bits per heavy atom. The molecular formula is C89H112N5O23+. The van der Waals surface area contributed by atoms with Crippen LogP contribution < -0.4 is 34.2 Å². The van der Waals surface area contributed by atoms with Gasteiger partial charge in [-0.2, -0.15) is 4.65 Å². The minimum Gasteiger partial charge on any atom is -0.504 e. The number of carbonyl (C=O) groups excluding carboxylic acids is 6. The van der Waals surface area contributed by atoms with Gasteiger partial charge in [-0.15, -0.1) is 0 Å². The van der Waals surface area contributed by atoms with E-state index in [4.69, 9.17) is 53.1 Å². The van der Waals surface area contributed by atoms with Crippen molar-refractivity contribution in [1.29, 1.82) is 0 Å². The van der Waals surface area contributed by atoms with Crippen molar-refractivity contribution >= 4 is 35.4 Å². The van der Waals surface area contributed by atoms with Crippen molar-refractivity contribution in [3.8, 4) is 46.0 Å². The van der Waals surface area contributed by atoms with Crippen molar-refractivity contribution in [1.82, 2.24) is 14.7 Å². The Labute approximate surface area is 680 Å². The number of aromatic hydroxyl groups is 2. The molecule has 0 radical (unpaired) electrons. The Morgan fingerprint density at radius 3 is 1.52 bits per heavy atom. The summed E-state index contributed by atoms with van der Waals surface area (Å²) in [5, 5.41) is 71.2. The maximum Gasteiger partial charge on any atom is 0.513 e. The van der Waals surface area contributed by atoms with Crippen molar-refractivity contribution in [2.75, 3.05) is 61.0 Å². The summed E-state index contributed by atoms with van der Waals surface area (Å²) in [5.41, 5.74) is 8.93. The summed E-state index contributed by atoms with van der Waals surface area (Å²) in [6.45, 7) is 19.3. The number of allylic oxidation sites excluding steroid dienone is 1. The molecule has 17 aliphatic rings. The number of carbonyl (C=O) groups is 6. The van der Waals surface area contributed by atoms with Crippen LogP contribution in [0.2, 0.25) is 0 Å². The Hall–Kier alpha value is -8.00. The number of likely N-dealkylation sites (tertiary alicyclic amines) is 4. The highest BCUT2D eigenvalue weighted by Crippen LogP contribution is 2.72. The molecule has 28 nitrogen and oxygen atoms in total. The summed E-state index contributed by atoms with van der Waals surface area (Å²) in [6, 6.07) is 15.6. The van der Waals surface area contributed by atoms with Gasteiger partial charge in [0.15, 0.2) is 97.8 Å². The molecule has 0 aromatic heterocycles. The summed E-state index contributed by atoms with van der Waals surface area (Å²) < 4.78 is 58.8. The number of nitrogens with zero attached hydrogens (tertiary/aromatic N) is 4. The first kappa shape index (κ1) is 80.1. The lowest BCUT2D eigenvalue weighted by molar-refractivity contribution is -1.11. The summed E-state index contributed by atoms with van der Waals surface area (Å²) in [4.78, 5) is 83.6. The van der Waals surface area contributed by atoms with Crippen LogP contribution >= 0.6 is 0 Å². The molecule has 3 saturated carbocycles. The van der Waals surface area contributed by atoms with E-state index in [0.29, 0.717) is 97.1 Å². The lowest BCUT2D eigenvalue weighted by Crippen LogP contribution is -2.74. The first-order valence-corrected chi connectivity index (χ1v) is 42.0. The molecule has 4 aromatic carbocycles. The summed E-state index contributed by atoms with van der Waals surface area (Å²) in [6.07, 6.45) is 3.80. The quantitative estimate of drug-likeness (QED) is 0.0380. The van der Waals surface area contributed by atoms with Gasteiger partial charge in [-0.05, 0) is 231 Å². The van der Waals surface area contributed by atoms with Crippen LogP contribution in [0, 0.1) is 29.1 Å². The number of quaternary nitrogens is 1. The van der Waals surface area contributed by atoms with Gasteiger partial charge < -0.3 is 98.4 Å². The van der Waals surface area contributed by atoms with Gasteiger partial charge in [0.2, 0.25) is 6.29 Å². The summed E-state index contributed by atoms with van der Waals surface area (Å²) in [7, 11) is 8.40. The number of hydroxylamine groups is 3. The number of hydrogen-bond acceptors (Lipinski definition) is 27. The fraction of sp³-hybridized carbons (Fsp3) is 0.640. The molecule has 9 N–H and O–H groups in total. The van der Waals surface area contributed by atoms with Crippen molar-refractivity contribution in [3.05, 3.63) is 105 Å². The molecule has 630 valence electrons. The lowest BCUT2D eigenvalue weighted by atomic mass is 9.47. The maximum atomic E-state index is 13.3. The second-order valence-corrected chi connectivity index (χ2v) is 38.5.